The number of fused-ring (bicyclic) bond motifs is 1. The van der Waals surface area contributed by atoms with E-state index in [1.807, 2.05) is 0 Å². The van der Waals surface area contributed by atoms with E-state index >= 15 is 0 Å². The molecule has 0 bridgehead atoms. The van der Waals surface area contributed by atoms with Crippen LogP contribution in [-0.4, -0.2) is 17.4 Å². The van der Waals surface area contributed by atoms with E-state index in [4.69, 9.17) is 11.1 Å². The monoisotopic (exact) mass is 193 g/mol. The van der Waals surface area contributed by atoms with Crippen LogP contribution in [0.1, 0.15) is 11.1 Å². The Balaban J connectivity index is 2.27. The summed E-state index contributed by atoms with van der Waals surface area (Å²) in [4.78, 5) is 1.78. The average Bonchev–Trinajstić information content (AvgIpc) is 2.16. The van der Waals surface area contributed by atoms with Crippen LogP contribution in [0.5, 0.6) is 0 Å². The zero-order chi connectivity index (χ0) is 10.1. The molecule has 0 unspecified atom stereocenters. The Hall–Kier alpha value is -1.58. The Labute approximate surface area is 81.8 Å². The molecule has 1 aliphatic heterocycles. The van der Waals surface area contributed by atoms with Gasteiger partial charge in [-0.3, -0.25) is 5.41 Å². The minimum Gasteiger partial charge on any atom is -0.370 e. The van der Waals surface area contributed by atoms with Gasteiger partial charge in [0.05, 0.1) is 0 Å². The number of nitrogens with zero attached hydrogens (tertiary/aromatic N) is 1. The van der Waals surface area contributed by atoms with E-state index in [9.17, 15) is 4.39 Å². The molecule has 1 aromatic carbocycles. The van der Waals surface area contributed by atoms with Crippen molar-refractivity contribution in [2.75, 3.05) is 6.54 Å². The summed E-state index contributed by atoms with van der Waals surface area (Å²) in [5.74, 6) is -0.111. The lowest BCUT2D eigenvalue weighted by Crippen LogP contribution is -2.40. The number of hydrogen-bond donors (Lipinski definition) is 2. The molecule has 2 rings (SSSR count). The highest BCUT2D eigenvalue weighted by molar-refractivity contribution is 5.74. The van der Waals surface area contributed by atoms with E-state index in [-0.39, 0.29) is 11.8 Å². The lowest BCUT2D eigenvalue weighted by atomic mass is 10.00. The molecule has 74 valence electrons. The first-order valence-corrected chi connectivity index (χ1v) is 4.53. The summed E-state index contributed by atoms with van der Waals surface area (Å²) in [6.07, 6.45) is 0.757. The summed E-state index contributed by atoms with van der Waals surface area (Å²) < 4.78 is 12.9. The number of rotatable bonds is 0. The Morgan fingerprint density at radius 2 is 2.21 bits per heavy atom. The molecule has 3 N–H and O–H groups in total. The molecular formula is C10H12FN3. The number of guanidine groups is 1. The summed E-state index contributed by atoms with van der Waals surface area (Å²) in [7, 11) is 0. The molecule has 0 saturated carbocycles. The van der Waals surface area contributed by atoms with Gasteiger partial charge in [-0.25, -0.2) is 4.39 Å². The van der Waals surface area contributed by atoms with Gasteiger partial charge in [-0.1, -0.05) is 6.07 Å². The van der Waals surface area contributed by atoms with Gasteiger partial charge in [-0.15, -0.1) is 0 Å². The van der Waals surface area contributed by atoms with Crippen molar-refractivity contribution in [1.82, 2.24) is 4.90 Å². The van der Waals surface area contributed by atoms with Crippen molar-refractivity contribution in [2.24, 2.45) is 5.73 Å². The molecule has 1 aliphatic rings. The van der Waals surface area contributed by atoms with Crippen LogP contribution in [-0.2, 0) is 13.0 Å². The average molecular weight is 193 g/mol. The van der Waals surface area contributed by atoms with E-state index in [0.29, 0.717) is 13.1 Å². The van der Waals surface area contributed by atoms with Gasteiger partial charge in [0.15, 0.2) is 5.96 Å². The number of nitrogens with one attached hydrogen (secondary N) is 1. The summed E-state index contributed by atoms with van der Waals surface area (Å²) in [5.41, 5.74) is 7.48. The third-order valence-corrected chi connectivity index (χ3v) is 2.52. The summed E-state index contributed by atoms with van der Waals surface area (Å²) in [6.45, 7) is 1.32. The maximum absolute atomic E-state index is 12.9. The second-order valence-corrected chi connectivity index (χ2v) is 3.47. The molecule has 0 fully saturated rings. The zero-order valence-corrected chi connectivity index (χ0v) is 7.76. The molecule has 0 aliphatic carbocycles. The van der Waals surface area contributed by atoms with Gasteiger partial charge >= 0.3 is 0 Å². The second kappa shape index (κ2) is 3.29. The first-order valence-electron chi connectivity index (χ1n) is 4.53. The van der Waals surface area contributed by atoms with Crippen molar-refractivity contribution in [2.45, 2.75) is 13.0 Å². The third-order valence-electron chi connectivity index (χ3n) is 2.52. The molecule has 0 radical (unpaired) electrons. The maximum Gasteiger partial charge on any atom is 0.188 e. The molecule has 0 spiro atoms. The molecular weight excluding hydrogens is 181 g/mol. The molecule has 14 heavy (non-hydrogen) atoms. The minimum absolute atomic E-state index is 0.0833. The van der Waals surface area contributed by atoms with Gasteiger partial charge in [-0.05, 0) is 29.7 Å². The first kappa shape index (κ1) is 8.99. The Bertz CT molecular complexity index is 376. The summed E-state index contributed by atoms with van der Waals surface area (Å²) in [6, 6.07) is 4.77. The zero-order valence-electron chi connectivity index (χ0n) is 7.76. The Morgan fingerprint density at radius 1 is 1.43 bits per heavy atom. The Morgan fingerprint density at radius 3 is 2.93 bits per heavy atom. The van der Waals surface area contributed by atoms with E-state index in [1.54, 1.807) is 17.0 Å². The predicted molar refractivity (Wildman–Crippen MR) is 52.4 cm³/mol. The molecule has 0 atom stereocenters. The van der Waals surface area contributed by atoms with Gasteiger partial charge in [0, 0.05) is 13.1 Å². The highest BCUT2D eigenvalue weighted by atomic mass is 19.1. The fourth-order valence-corrected chi connectivity index (χ4v) is 1.73. The summed E-state index contributed by atoms with van der Waals surface area (Å²) >= 11 is 0. The Kier molecular flexibility index (Phi) is 2.11. The van der Waals surface area contributed by atoms with Crippen molar-refractivity contribution in [3.63, 3.8) is 0 Å². The topological polar surface area (TPSA) is 53.1 Å². The van der Waals surface area contributed by atoms with E-state index in [0.717, 1.165) is 17.5 Å². The van der Waals surface area contributed by atoms with Crippen molar-refractivity contribution in [3.8, 4) is 0 Å². The number of halogens is 1. The SMILES string of the molecule is N=C(N)N1CCc2cc(F)ccc2C1. The lowest BCUT2D eigenvalue weighted by molar-refractivity contribution is 0.386. The molecule has 0 saturated heterocycles. The smallest absolute Gasteiger partial charge is 0.188 e. The van der Waals surface area contributed by atoms with Crippen molar-refractivity contribution in [1.29, 1.82) is 5.41 Å². The molecule has 1 aromatic rings. The molecule has 1 heterocycles. The van der Waals surface area contributed by atoms with E-state index in [1.165, 1.54) is 6.07 Å². The van der Waals surface area contributed by atoms with Crippen LogP contribution in [0.2, 0.25) is 0 Å². The van der Waals surface area contributed by atoms with Crippen LogP contribution < -0.4 is 5.73 Å². The fourth-order valence-electron chi connectivity index (χ4n) is 1.73. The molecule has 0 amide bonds. The van der Waals surface area contributed by atoms with Crippen molar-refractivity contribution in [3.05, 3.63) is 35.1 Å². The lowest BCUT2D eigenvalue weighted by Gasteiger charge is -2.28. The fraction of sp³-hybridized carbons (Fsp3) is 0.300. The highest BCUT2D eigenvalue weighted by Crippen LogP contribution is 2.19. The van der Waals surface area contributed by atoms with Gasteiger partial charge in [0.25, 0.3) is 0 Å². The molecule has 0 aromatic heterocycles. The third kappa shape index (κ3) is 1.55. The molecule has 4 heteroatoms. The number of hydrogen-bond acceptors (Lipinski definition) is 1. The first-order chi connectivity index (χ1) is 6.66. The van der Waals surface area contributed by atoms with Gasteiger partial charge < -0.3 is 10.6 Å². The number of benzene rings is 1. The van der Waals surface area contributed by atoms with Crippen LogP contribution in [0, 0.1) is 11.2 Å². The maximum atomic E-state index is 12.9. The van der Waals surface area contributed by atoms with Gasteiger partial charge in [-0.2, -0.15) is 0 Å². The van der Waals surface area contributed by atoms with E-state index in [2.05, 4.69) is 0 Å². The van der Waals surface area contributed by atoms with Crippen LogP contribution in [0.3, 0.4) is 0 Å². The van der Waals surface area contributed by atoms with Crippen LogP contribution in [0.25, 0.3) is 0 Å². The minimum atomic E-state index is -0.194. The van der Waals surface area contributed by atoms with Gasteiger partial charge in [0.1, 0.15) is 5.82 Å². The van der Waals surface area contributed by atoms with Crippen LogP contribution in [0.15, 0.2) is 18.2 Å². The summed E-state index contributed by atoms with van der Waals surface area (Å²) in [5, 5.41) is 7.30. The van der Waals surface area contributed by atoms with Crippen LogP contribution >= 0.6 is 0 Å². The highest BCUT2D eigenvalue weighted by Gasteiger charge is 2.16. The quantitative estimate of drug-likeness (QED) is 0.478. The predicted octanol–water partition coefficient (Wildman–Crippen LogP) is 1.08. The van der Waals surface area contributed by atoms with Crippen molar-refractivity contribution >= 4 is 5.96 Å². The molecule has 3 nitrogen and oxygen atoms in total. The second-order valence-electron chi connectivity index (χ2n) is 3.47. The van der Waals surface area contributed by atoms with Crippen LogP contribution in [0.4, 0.5) is 4.39 Å². The van der Waals surface area contributed by atoms with Crippen molar-refractivity contribution < 1.29 is 4.39 Å². The largest absolute Gasteiger partial charge is 0.370 e. The van der Waals surface area contributed by atoms with E-state index < -0.39 is 0 Å². The standard InChI is InChI=1S/C10H12FN3/c11-9-2-1-8-6-14(10(12)13)4-3-7(8)5-9/h1-2,5H,3-4,6H2,(H3,12,13). The van der Waals surface area contributed by atoms with Gasteiger partial charge in [0.2, 0.25) is 0 Å². The number of nitrogens with two attached hydrogens (primary N) is 1. The normalized spacial score (nSPS) is 15.1.